The van der Waals surface area contributed by atoms with Gasteiger partial charge in [0.25, 0.3) is 0 Å². The van der Waals surface area contributed by atoms with Crippen molar-refractivity contribution in [2.75, 3.05) is 0 Å². The molecule has 0 saturated carbocycles. The van der Waals surface area contributed by atoms with Crippen molar-refractivity contribution in [2.45, 2.75) is 52.4 Å². The monoisotopic (exact) mass is 359 g/mol. The predicted octanol–water partition coefficient (Wildman–Crippen LogP) is 6.16. The summed E-state index contributed by atoms with van der Waals surface area (Å²) in [6.07, 6.45) is 5.57. The van der Waals surface area contributed by atoms with Crippen LogP contribution in [0.3, 0.4) is 0 Å². The minimum Gasteiger partial charge on any atom is -0.320 e. The summed E-state index contributed by atoms with van der Waals surface area (Å²) in [5.74, 6) is 0. The lowest BCUT2D eigenvalue weighted by Crippen LogP contribution is -2.15. The van der Waals surface area contributed by atoms with Crippen LogP contribution in [0.25, 0.3) is 16.6 Å². The average molecular weight is 360 g/mol. The fourth-order valence-corrected chi connectivity index (χ4v) is 3.11. The summed E-state index contributed by atoms with van der Waals surface area (Å²) < 4.78 is 2.25. The zero-order valence-electron chi connectivity index (χ0n) is 17.2. The summed E-state index contributed by atoms with van der Waals surface area (Å²) >= 11 is 0. The van der Waals surface area contributed by atoms with Gasteiger partial charge in [-0.1, -0.05) is 53.7 Å². The van der Waals surface area contributed by atoms with Crippen LogP contribution in [-0.2, 0) is 10.8 Å². The van der Waals surface area contributed by atoms with E-state index in [-0.39, 0.29) is 10.8 Å². The first-order chi connectivity index (χ1) is 12.7. The van der Waals surface area contributed by atoms with Gasteiger partial charge in [-0.15, -0.1) is 0 Å². The van der Waals surface area contributed by atoms with E-state index >= 15 is 0 Å². The fourth-order valence-electron chi connectivity index (χ4n) is 3.11. The molecule has 0 bridgehead atoms. The quantitative estimate of drug-likeness (QED) is 0.376. The highest BCUT2D eigenvalue weighted by molar-refractivity contribution is 5.74. The molecule has 0 saturated heterocycles. The first-order valence-electron chi connectivity index (χ1n) is 9.44. The van der Waals surface area contributed by atoms with Crippen molar-refractivity contribution in [3.05, 3.63) is 78.4 Å². The van der Waals surface area contributed by atoms with Crippen molar-refractivity contribution in [1.82, 2.24) is 14.4 Å². The van der Waals surface area contributed by atoms with Gasteiger partial charge in [-0.05, 0) is 47.4 Å². The fraction of sp³-hybridized carbons (Fsp3) is 0.333. The maximum atomic E-state index is 4.29. The molecule has 0 fully saturated rings. The number of hydrogen-bond donors (Lipinski definition) is 0. The third-order valence-corrected chi connectivity index (χ3v) is 4.66. The van der Waals surface area contributed by atoms with Crippen LogP contribution in [0.1, 0.15) is 52.8 Å². The number of fused-ring (bicyclic) bond motifs is 2. The minimum absolute atomic E-state index is 0.172. The van der Waals surface area contributed by atoms with E-state index in [0.717, 1.165) is 11.0 Å². The molecule has 0 amide bonds. The summed E-state index contributed by atoms with van der Waals surface area (Å²) in [4.78, 5) is 8.53. The molecule has 0 spiro atoms. The van der Waals surface area contributed by atoms with E-state index in [1.807, 2.05) is 6.07 Å². The van der Waals surface area contributed by atoms with E-state index in [1.54, 1.807) is 12.4 Å². The van der Waals surface area contributed by atoms with Crippen LogP contribution in [0.5, 0.6) is 0 Å². The lowest BCUT2D eigenvalue weighted by atomic mass is 9.87. The number of nitrogens with zero attached hydrogens (tertiary/aromatic N) is 3. The van der Waals surface area contributed by atoms with Crippen LogP contribution in [0.15, 0.2) is 67.1 Å². The molecule has 0 radical (unpaired) electrons. The molecule has 0 N–H and O–H groups in total. The van der Waals surface area contributed by atoms with Crippen LogP contribution in [0.2, 0.25) is 0 Å². The van der Waals surface area contributed by atoms with Crippen LogP contribution in [0.4, 0.5) is 0 Å². The Morgan fingerprint density at radius 3 is 2.04 bits per heavy atom. The molecule has 140 valence electrons. The summed E-state index contributed by atoms with van der Waals surface area (Å²) in [6, 6.07) is 16.9. The van der Waals surface area contributed by atoms with E-state index in [4.69, 9.17) is 0 Å². The summed E-state index contributed by atoms with van der Waals surface area (Å²) in [5.41, 5.74) is 6.23. The second-order valence-corrected chi connectivity index (χ2v) is 8.97. The van der Waals surface area contributed by atoms with Gasteiger partial charge in [0, 0.05) is 35.2 Å². The largest absolute Gasteiger partial charge is 0.320 e. The normalized spacial score (nSPS) is 12.1. The number of hydrogen-bond acceptors (Lipinski definition) is 2. The van der Waals surface area contributed by atoms with Crippen molar-refractivity contribution >= 4 is 16.6 Å². The Morgan fingerprint density at radius 1 is 0.704 bits per heavy atom. The molecule has 3 aromatic heterocycles. The van der Waals surface area contributed by atoms with E-state index < -0.39 is 0 Å². The van der Waals surface area contributed by atoms with E-state index in [9.17, 15) is 0 Å². The molecule has 1 aromatic carbocycles. The Bertz CT molecular complexity index is 1050. The van der Waals surface area contributed by atoms with Gasteiger partial charge in [-0.25, -0.2) is 0 Å². The molecule has 3 heterocycles. The van der Waals surface area contributed by atoms with Gasteiger partial charge in [-0.2, -0.15) is 0 Å². The second kappa shape index (κ2) is 7.15. The van der Waals surface area contributed by atoms with Crippen molar-refractivity contribution in [1.29, 1.82) is 0 Å². The Balaban J connectivity index is 0.000000156. The molecule has 3 heteroatoms. The van der Waals surface area contributed by atoms with Crippen molar-refractivity contribution < 1.29 is 0 Å². The Kier molecular flexibility index (Phi) is 5.05. The van der Waals surface area contributed by atoms with Gasteiger partial charge in [0.2, 0.25) is 0 Å². The van der Waals surface area contributed by atoms with Crippen LogP contribution in [0, 0.1) is 0 Å². The molecule has 0 aliphatic rings. The van der Waals surface area contributed by atoms with Gasteiger partial charge < -0.3 is 4.40 Å². The molecule has 4 rings (SSSR count). The van der Waals surface area contributed by atoms with Crippen LogP contribution < -0.4 is 0 Å². The number of rotatable bonds is 0. The number of pyridine rings is 1. The van der Waals surface area contributed by atoms with Gasteiger partial charge in [-0.3, -0.25) is 9.97 Å². The highest BCUT2D eigenvalue weighted by Gasteiger charge is 2.16. The zero-order chi connectivity index (χ0) is 19.7. The molecular weight excluding hydrogens is 330 g/mol. The first kappa shape index (κ1) is 19.1. The molecule has 0 unspecified atom stereocenters. The first-order valence-corrected chi connectivity index (χ1v) is 9.44. The van der Waals surface area contributed by atoms with Crippen LogP contribution >= 0.6 is 0 Å². The molecule has 0 aliphatic carbocycles. The van der Waals surface area contributed by atoms with Gasteiger partial charge in [0.1, 0.15) is 0 Å². The van der Waals surface area contributed by atoms with E-state index in [1.165, 1.54) is 16.8 Å². The van der Waals surface area contributed by atoms with E-state index in [0.29, 0.717) is 0 Å². The number of benzene rings is 1. The maximum Gasteiger partial charge on any atom is 0.0889 e. The van der Waals surface area contributed by atoms with Crippen molar-refractivity contribution in [3.63, 3.8) is 0 Å². The lowest BCUT2D eigenvalue weighted by Gasteiger charge is -2.20. The molecule has 4 aromatic rings. The summed E-state index contributed by atoms with van der Waals surface area (Å²) in [6.45, 7) is 13.3. The molecule has 0 aliphatic heterocycles. The Morgan fingerprint density at radius 2 is 1.37 bits per heavy atom. The third kappa shape index (κ3) is 4.36. The molecule has 27 heavy (non-hydrogen) atoms. The van der Waals surface area contributed by atoms with Crippen molar-refractivity contribution in [2.24, 2.45) is 0 Å². The SMILES string of the molecule is CC(C)(C)c1ccc2nccnc2c1.CC(C)(C)c1cccc2cccn12. The summed E-state index contributed by atoms with van der Waals surface area (Å²) in [5, 5.41) is 0. The highest BCUT2D eigenvalue weighted by Crippen LogP contribution is 2.24. The maximum absolute atomic E-state index is 4.29. The predicted molar refractivity (Wildman–Crippen MR) is 114 cm³/mol. The molecular formula is C24H29N3. The topological polar surface area (TPSA) is 30.2 Å². The zero-order valence-corrected chi connectivity index (χ0v) is 17.2. The Labute approximate surface area is 162 Å². The average Bonchev–Trinajstić information content (AvgIpc) is 3.09. The van der Waals surface area contributed by atoms with Crippen molar-refractivity contribution in [3.8, 4) is 0 Å². The molecule has 3 nitrogen and oxygen atoms in total. The summed E-state index contributed by atoms with van der Waals surface area (Å²) in [7, 11) is 0. The van der Waals surface area contributed by atoms with E-state index in [2.05, 4.69) is 105 Å². The Hall–Kier alpha value is -2.68. The van der Waals surface area contributed by atoms with Crippen LogP contribution in [-0.4, -0.2) is 14.4 Å². The van der Waals surface area contributed by atoms with Gasteiger partial charge in [0.05, 0.1) is 11.0 Å². The highest BCUT2D eigenvalue weighted by atomic mass is 14.9. The van der Waals surface area contributed by atoms with Gasteiger partial charge in [0.15, 0.2) is 0 Å². The standard InChI is InChI=1S/C12H14N2.C12H15N/c1-12(2,3)9-4-5-10-11(8-9)14-7-6-13-10;1-12(2,3)11-8-4-6-10-7-5-9-13(10)11/h4-8H,1-3H3;4-9H,1-3H3. The molecule has 0 atom stereocenters. The lowest BCUT2D eigenvalue weighted by molar-refractivity contribution is 0.561. The van der Waals surface area contributed by atoms with Gasteiger partial charge >= 0.3 is 0 Å². The minimum atomic E-state index is 0.172. The smallest absolute Gasteiger partial charge is 0.0889 e. The number of aromatic nitrogens is 3. The third-order valence-electron chi connectivity index (χ3n) is 4.66. The second-order valence-electron chi connectivity index (χ2n) is 8.97.